The third kappa shape index (κ3) is 3.82. The third-order valence-corrected chi connectivity index (χ3v) is 9.84. The number of nitrogens with one attached hydrogen (secondary N) is 2. The maximum absolute atomic E-state index is 12.8. The van der Waals surface area contributed by atoms with Crippen LogP contribution < -0.4 is 20.7 Å². The fourth-order valence-corrected chi connectivity index (χ4v) is 8.20. The van der Waals surface area contributed by atoms with Gasteiger partial charge in [-0.25, -0.2) is 10.9 Å². The molecule has 0 radical (unpaired) electrons. The molecular formula is C25H31ClN5O2S+. The molecule has 3 atom stereocenters. The van der Waals surface area contributed by atoms with Crippen LogP contribution in [0.15, 0.2) is 30.3 Å². The molecule has 3 unspecified atom stereocenters. The molecule has 2 fully saturated rings. The van der Waals surface area contributed by atoms with Gasteiger partial charge in [-0.05, 0) is 24.6 Å². The number of hydrazine groups is 1. The summed E-state index contributed by atoms with van der Waals surface area (Å²) in [5.74, 6) is 0.538. The van der Waals surface area contributed by atoms with Crippen LogP contribution in [0.3, 0.4) is 0 Å². The largest absolute Gasteiger partial charge is 0.378 e. The predicted octanol–water partition coefficient (Wildman–Crippen LogP) is 3.59. The van der Waals surface area contributed by atoms with Crippen LogP contribution in [0.1, 0.15) is 34.8 Å². The minimum absolute atomic E-state index is 0.0144. The number of carbonyl (C=O) groups excluding carboxylic acids is 1. The topological polar surface area (TPSA) is 60.1 Å². The van der Waals surface area contributed by atoms with Gasteiger partial charge in [0.1, 0.15) is 12.4 Å². The van der Waals surface area contributed by atoms with Crippen molar-refractivity contribution >= 4 is 44.7 Å². The minimum Gasteiger partial charge on any atom is -0.378 e. The van der Waals surface area contributed by atoms with Gasteiger partial charge in [0.25, 0.3) is 5.00 Å². The molecule has 2 aromatic rings. The van der Waals surface area contributed by atoms with Crippen molar-refractivity contribution in [3.05, 3.63) is 51.4 Å². The van der Waals surface area contributed by atoms with E-state index >= 15 is 0 Å². The summed E-state index contributed by atoms with van der Waals surface area (Å²) in [4.78, 5) is 21.2. The Labute approximate surface area is 208 Å². The number of amides is 1. The van der Waals surface area contributed by atoms with Crippen LogP contribution in [-0.4, -0.2) is 56.5 Å². The first-order valence-corrected chi connectivity index (χ1v) is 14.0. The number of carbonyl (C=O) groups is 1. The summed E-state index contributed by atoms with van der Waals surface area (Å²) in [5.41, 5.74) is 10.8. The molecule has 6 rings (SSSR count). The fraction of sp³-hybridized carbons (Fsp3) is 0.480. The fourth-order valence-electron chi connectivity index (χ4n) is 5.76. The molecule has 3 aliphatic heterocycles. The number of morpholine rings is 1. The second kappa shape index (κ2) is 9.17. The van der Waals surface area contributed by atoms with Gasteiger partial charge in [-0.1, -0.05) is 29.8 Å². The highest BCUT2D eigenvalue weighted by Gasteiger charge is 2.44. The van der Waals surface area contributed by atoms with E-state index in [-0.39, 0.29) is 28.5 Å². The maximum atomic E-state index is 12.8. The minimum atomic E-state index is 0.0144. The number of hydrogen-bond donors (Lipinski definition) is 2. The van der Waals surface area contributed by atoms with Crippen molar-refractivity contribution in [2.75, 3.05) is 49.3 Å². The van der Waals surface area contributed by atoms with Crippen LogP contribution in [-0.2, 0) is 22.3 Å². The molecule has 0 saturated carbocycles. The molecule has 180 valence electrons. The molecule has 9 heteroatoms. The van der Waals surface area contributed by atoms with Crippen molar-refractivity contribution in [1.29, 1.82) is 0 Å². The van der Waals surface area contributed by atoms with Gasteiger partial charge in [0, 0.05) is 41.5 Å². The lowest BCUT2D eigenvalue weighted by molar-refractivity contribution is -0.135. The zero-order chi connectivity index (χ0) is 23.2. The van der Waals surface area contributed by atoms with Crippen molar-refractivity contribution in [2.24, 2.45) is 6.26 Å². The summed E-state index contributed by atoms with van der Waals surface area (Å²) in [6.07, 6.45) is 8.62. The molecule has 4 heterocycles. The van der Waals surface area contributed by atoms with E-state index in [1.165, 1.54) is 21.0 Å². The van der Waals surface area contributed by atoms with Crippen molar-refractivity contribution < 1.29 is 9.53 Å². The van der Waals surface area contributed by atoms with Crippen LogP contribution >= 0.6 is 22.1 Å². The van der Waals surface area contributed by atoms with Gasteiger partial charge in [0.2, 0.25) is 5.91 Å². The zero-order valence-electron chi connectivity index (χ0n) is 19.4. The molecular weight excluding hydrogens is 470 g/mol. The predicted molar refractivity (Wildman–Crippen MR) is 138 cm³/mol. The first kappa shape index (κ1) is 22.4. The Morgan fingerprint density at radius 2 is 2.09 bits per heavy atom. The number of halogens is 1. The number of benzene rings is 1. The van der Waals surface area contributed by atoms with Gasteiger partial charge in [-0.15, -0.1) is 0 Å². The second-order valence-corrected chi connectivity index (χ2v) is 11.6. The lowest BCUT2D eigenvalue weighted by Crippen LogP contribution is -2.44. The Morgan fingerprint density at radius 1 is 1.26 bits per heavy atom. The summed E-state index contributed by atoms with van der Waals surface area (Å²) in [6, 6.07) is 8.12. The number of nitrogens with zero attached hydrogens (tertiary/aromatic N) is 3. The quantitative estimate of drug-likeness (QED) is 0.626. The first-order valence-electron chi connectivity index (χ1n) is 12.0. The molecule has 1 aliphatic carbocycles. The average molecular weight is 501 g/mol. The molecule has 0 spiro atoms. The highest BCUT2D eigenvalue weighted by Crippen LogP contribution is 2.53. The molecule has 7 nitrogen and oxygen atoms in total. The Kier molecular flexibility index (Phi) is 6.03. The highest BCUT2D eigenvalue weighted by molar-refractivity contribution is 7.34. The second-order valence-electron chi connectivity index (χ2n) is 9.37. The molecule has 1 amide bonds. The molecule has 1 aromatic carbocycles. The van der Waals surface area contributed by atoms with Crippen molar-refractivity contribution in [3.63, 3.8) is 0 Å². The van der Waals surface area contributed by atoms with Crippen molar-refractivity contribution in [1.82, 2.24) is 15.8 Å². The van der Waals surface area contributed by atoms with E-state index in [2.05, 4.69) is 51.2 Å². The molecule has 2 N–H and O–H groups in total. The normalized spacial score (nSPS) is 24.2. The Hall–Kier alpha value is -2.10. The summed E-state index contributed by atoms with van der Waals surface area (Å²) in [5, 5.41) is 2.22. The van der Waals surface area contributed by atoms with Crippen LogP contribution in [0, 0.1) is 0 Å². The first-order chi connectivity index (χ1) is 16.6. The SMILES string of the molecule is C[s+]1c2c(c3c1N1CNNC1CN(c1ccccc1Cl)C3)C(CCC(=O)N1CCOCC1)C=C2. The number of para-hydroxylation sites is 1. The summed E-state index contributed by atoms with van der Waals surface area (Å²) in [6.45, 7) is 5.19. The van der Waals surface area contributed by atoms with E-state index in [0.29, 0.717) is 32.7 Å². The number of anilines is 2. The summed E-state index contributed by atoms with van der Waals surface area (Å²) >= 11 is 6.64. The summed E-state index contributed by atoms with van der Waals surface area (Å²) < 4.78 is 5.41. The number of ether oxygens (including phenoxy) is 1. The third-order valence-electron chi connectivity index (χ3n) is 7.44. The number of allylic oxidation sites excluding steroid dienone is 1. The van der Waals surface area contributed by atoms with E-state index in [1.807, 2.05) is 17.0 Å². The maximum Gasteiger partial charge on any atom is 0.251 e. The number of hydrogen-bond acceptors (Lipinski definition) is 6. The van der Waals surface area contributed by atoms with Gasteiger partial charge in [0.15, 0.2) is 4.88 Å². The van der Waals surface area contributed by atoms with E-state index in [0.717, 1.165) is 36.9 Å². The lowest BCUT2D eigenvalue weighted by Gasteiger charge is -2.28. The standard InChI is InChI=1S/C25H31ClN5O2S/c1-34-21-8-6-17(7-9-23(32)29-10-12-33-13-11-29)24(21)18-14-30(20-5-3-2-4-19(20)26)15-22-28-27-16-31(22)25(18)34/h2-6,8,17,22,27-28H,7,9-16H2,1H3/q+1. The van der Waals surface area contributed by atoms with Crippen molar-refractivity contribution in [3.8, 4) is 0 Å². The van der Waals surface area contributed by atoms with Crippen molar-refractivity contribution in [2.45, 2.75) is 31.5 Å². The Balaban J connectivity index is 1.32. The van der Waals surface area contributed by atoms with Gasteiger partial charge >= 0.3 is 0 Å². The zero-order valence-corrected chi connectivity index (χ0v) is 21.0. The van der Waals surface area contributed by atoms with Crippen LogP contribution in [0.2, 0.25) is 5.02 Å². The van der Waals surface area contributed by atoms with E-state index in [9.17, 15) is 4.79 Å². The van der Waals surface area contributed by atoms with Gasteiger partial charge < -0.3 is 14.5 Å². The monoisotopic (exact) mass is 500 g/mol. The molecule has 34 heavy (non-hydrogen) atoms. The van der Waals surface area contributed by atoms with Crippen LogP contribution in [0.25, 0.3) is 6.08 Å². The van der Waals surface area contributed by atoms with E-state index in [1.54, 1.807) is 0 Å². The molecule has 2 saturated heterocycles. The molecule has 4 aliphatic rings. The van der Waals surface area contributed by atoms with Crippen LogP contribution in [0.4, 0.5) is 10.7 Å². The smallest absolute Gasteiger partial charge is 0.251 e. The van der Waals surface area contributed by atoms with Crippen LogP contribution in [0.5, 0.6) is 0 Å². The van der Waals surface area contributed by atoms with Gasteiger partial charge in [-0.2, -0.15) is 0 Å². The number of rotatable bonds is 4. The summed E-state index contributed by atoms with van der Waals surface area (Å²) in [7, 11) is 0.0144. The van der Waals surface area contributed by atoms with E-state index < -0.39 is 0 Å². The van der Waals surface area contributed by atoms with E-state index in [4.69, 9.17) is 16.3 Å². The molecule has 1 aromatic heterocycles. The lowest BCUT2D eigenvalue weighted by atomic mass is 9.94. The number of thiophene rings is 1. The Bertz CT molecular complexity index is 1130. The van der Waals surface area contributed by atoms with Gasteiger partial charge in [-0.3, -0.25) is 9.69 Å². The molecule has 0 bridgehead atoms. The number of fused-ring (bicyclic) bond motifs is 5. The Morgan fingerprint density at radius 3 is 2.91 bits per heavy atom. The highest BCUT2D eigenvalue weighted by atomic mass is 35.5. The average Bonchev–Trinajstić information content (AvgIpc) is 3.52. The van der Waals surface area contributed by atoms with Gasteiger partial charge in [0.05, 0.1) is 49.2 Å².